The van der Waals surface area contributed by atoms with Crippen LogP contribution in [0.4, 0.5) is 13.2 Å². The van der Waals surface area contributed by atoms with Gasteiger partial charge >= 0.3 is 6.18 Å². The Balaban J connectivity index is 1.75. The van der Waals surface area contributed by atoms with Crippen molar-refractivity contribution in [1.29, 1.82) is 5.41 Å². The zero-order valence-electron chi connectivity index (χ0n) is 18.0. The zero-order chi connectivity index (χ0) is 23.1. The van der Waals surface area contributed by atoms with Crippen LogP contribution in [0.1, 0.15) is 62.9 Å². The van der Waals surface area contributed by atoms with Gasteiger partial charge in [-0.25, -0.2) is 0 Å². The van der Waals surface area contributed by atoms with E-state index in [0.717, 1.165) is 38.2 Å². The summed E-state index contributed by atoms with van der Waals surface area (Å²) in [5.41, 5.74) is 4.86. The molecule has 174 valence electrons. The predicted octanol–water partition coefficient (Wildman–Crippen LogP) is 5.30. The number of nitrogens with one attached hydrogen (secondary N) is 1. The number of ether oxygens (including phenoxy) is 1. The summed E-state index contributed by atoms with van der Waals surface area (Å²) in [5, 5.41) is 11.5. The highest BCUT2D eigenvalue weighted by Gasteiger charge is 2.36. The zero-order valence-corrected chi connectivity index (χ0v) is 18.0. The van der Waals surface area contributed by atoms with E-state index in [9.17, 15) is 13.2 Å². The molecule has 1 unspecified atom stereocenters. The molecule has 1 fully saturated rings. The molecule has 32 heavy (non-hydrogen) atoms. The van der Waals surface area contributed by atoms with Gasteiger partial charge in [0.05, 0.1) is 5.56 Å². The van der Waals surface area contributed by atoms with Crippen molar-refractivity contribution in [2.24, 2.45) is 5.73 Å². The van der Waals surface area contributed by atoms with E-state index in [0.29, 0.717) is 13.0 Å². The van der Waals surface area contributed by atoms with Crippen LogP contribution in [-0.2, 0) is 6.18 Å². The number of nitrogens with zero attached hydrogens (tertiary/aromatic N) is 3. The van der Waals surface area contributed by atoms with Crippen LogP contribution in [-0.4, -0.2) is 34.2 Å². The SMILES string of the molecule is CCCCCC=CCOc1ccc(-c2noc(C3CCCN3C(=N)N)n2)cc1C(F)(F)F. The maximum absolute atomic E-state index is 13.6. The minimum Gasteiger partial charge on any atom is -0.489 e. The second-order valence-corrected chi connectivity index (χ2v) is 7.68. The van der Waals surface area contributed by atoms with Gasteiger partial charge in [0.2, 0.25) is 11.7 Å². The Morgan fingerprint density at radius 3 is 2.88 bits per heavy atom. The monoisotopic (exact) mass is 451 g/mol. The van der Waals surface area contributed by atoms with Crippen molar-refractivity contribution in [1.82, 2.24) is 15.0 Å². The van der Waals surface area contributed by atoms with Gasteiger partial charge in [0, 0.05) is 12.1 Å². The summed E-state index contributed by atoms with van der Waals surface area (Å²) in [4.78, 5) is 5.90. The standard InChI is InChI=1S/C22H28F3N5O2/c1-2-3-4-5-6-7-13-31-18-11-10-15(14-16(18)22(23,24)25)19-28-20(32-29-19)17-9-8-12-30(17)21(26)27/h6-7,10-11,14,17H,2-5,8-9,12-13H2,1H3,(H3,26,27). The molecule has 1 aliphatic heterocycles. The van der Waals surface area contributed by atoms with Gasteiger partial charge in [0.1, 0.15) is 18.4 Å². The molecule has 10 heteroatoms. The van der Waals surface area contributed by atoms with E-state index in [1.165, 1.54) is 12.1 Å². The number of likely N-dealkylation sites (tertiary alicyclic amines) is 1. The molecule has 3 rings (SSSR count). The van der Waals surface area contributed by atoms with Crippen molar-refractivity contribution in [2.75, 3.05) is 13.2 Å². The largest absolute Gasteiger partial charge is 0.489 e. The minimum atomic E-state index is -4.60. The number of rotatable bonds is 9. The van der Waals surface area contributed by atoms with Crippen LogP contribution < -0.4 is 10.5 Å². The van der Waals surface area contributed by atoms with Gasteiger partial charge in [0.15, 0.2) is 5.96 Å². The van der Waals surface area contributed by atoms with Gasteiger partial charge in [-0.3, -0.25) is 5.41 Å². The first kappa shape index (κ1) is 23.6. The summed E-state index contributed by atoms with van der Waals surface area (Å²) < 4.78 is 51.6. The Bertz CT molecular complexity index is 942. The number of hydrogen-bond acceptors (Lipinski definition) is 5. The molecule has 1 saturated heterocycles. The van der Waals surface area contributed by atoms with Crippen LogP contribution >= 0.6 is 0 Å². The average molecular weight is 451 g/mol. The Morgan fingerprint density at radius 2 is 2.16 bits per heavy atom. The van der Waals surface area contributed by atoms with E-state index in [4.69, 9.17) is 20.4 Å². The Labute approximate surface area is 184 Å². The van der Waals surface area contributed by atoms with Crippen molar-refractivity contribution >= 4 is 5.96 Å². The summed E-state index contributed by atoms with van der Waals surface area (Å²) in [6.07, 6.45) is 4.70. The van der Waals surface area contributed by atoms with Crippen LogP contribution in [0, 0.1) is 5.41 Å². The molecule has 7 nitrogen and oxygen atoms in total. The molecule has 0 spiro atoms. The Kier molecular flexibility index (Phi) is 7.76. The number of benzene rings is 1. The van der Waals surface area contributed by atoms with Crippen LogP contribution in [0.5, 0.6) is 5.75 Å². The Hall–Kier alpha value is -3.04. The van der Waals surface area contributed by atoms with E-state index < -0.39 is 11.7 Å². The fourth-order valence-corrected chi connectivity index (χ4v) is 3.65. The van der Waals surface area contributed by atoms with E-state index in [-0.39, 0.29) is 41.6 Å². The summed E-state index contributed by atoms with van der Waals surface area (Å²) in [6.45, 7) is 2.76. The maximum atomic E-state index is 13.6. The Morgan fingerprint density at radius 1 is 1.34 bits per heavy atom. The molecular formula is C22H28F3N5O2. The second kappa shape index (κ2) is 10.5. The molecule has 0 radical (unpaired) electrons. The topological polar surface area (TPSA) is 101 Å². The third-order valence-corrected chi connectivity index (χ3v) is 5.31. The molecule has 1 aromatic heterocycles. The highest BCUT2D eigenvalue weighted by atomic mass is 19.4. The second-order valence-electron chi connectivity index (χ2n) is 7.68. The average Bonchev–Trinajstić information content (AvgIpc) is 3.42. The van der Waals surface area contributed by atoms with Crippen LogP contribution in [0.15, 0.2) is 34.9 Å². The lowest BCUT2D eigenvalue weighted by Gasteiger charge is -2.21. The molecule has 3 N–H and O–H groups in total. The van der Waals surface area contributed by atoms with Crippen LogP contribution in [0.3, 0.4) is 0 Å². The predicted molar refractivity (Wildman–Crippen MR) is 114 cm³/mol. The van der Waals surface area contributed by atoms with Crippen LogP contribution in [0.2, 0.25) is 0 Å². The maximum Gasteiger partial charge on any atom is 0.419 e. The van der Waals surface area contributed by atoms with Crippen molar-refractivity contribution in [3.8, 4) is 17.1 Å². The fourth-order valence-electron chi connectivity index (χ4n) is 3.65. The molecule has 0 saturated carbocycles. The number of aromatic nitrogens is 2. The quantitative estimate of drug-likeness (QED) is 0.232. The lowest BCUT2D eigenvalue weighted by molar-refractivity contribution is -0.138. The highest BCUT2D eigenvalue weighted by molar-refractivity contribution is 5.75. The third kappa shape index (κ3) is 5.80. The van der Waals surface area contributed by atoms with Crippen molar-refractivity contribution in [3.63, 3.8) is 0 Å². The molecule has 1 atom stereocenters. The van der Waals surface area contributed by atoms with Gasteiger partial charge in [0.25, 0.3) is 0 Å². The molecule has 0 bridgehead atoms. The molecular weight excluding hydrogens is 423 g/mol. The first-order chi connectivity index (χ1) is 15.3. The van der Waals surface area contributed by atoms with E-state index in [1.807, 2.05) is 6.08 Å². The van der Waals surface area contributed by atoms with Crippen LogP contribution in [0.25, 0.3) is 11.4 Å². The number of nitrogens with two attached hydrogens (primary N) is 1. The van der Waals surface area contributed by atoms with Gasteiger partial charge in [-0.15, -0.1) is 0 Å². The summed E-state index contributed by atoms with van der Waals surface area (Å²) in [7, 11) is 0. The lowest BCUT2D eigenvalue weighted by Crippen LogP contribution is -2.35. The summed E-state index contributed by atoms with van der Waals surface area (Å²) in [6, 6.07) is 3.37. The van der Waals surface area contributed by atoms with Crippen molar-refractivity contribution in [3.05, 3.63) is 41.8 Å². The number of hydrogen-bond donors (Lipinski definition) is 2. The molecule has 1 aromatic carbocycles. The van der Waals surface area contributed by atoms with Crippen molar-refractivity contribution in [2.45, 2.75) is 57.7 Å². The number of halogens is 3. The molecule has 2 heterocycles. The van der Waals surface area contributed by atoms with Gasteiger partial charge in [-0.05, 0) is 43.9 Å². The number of unbranched alkanes of at least 4 members (excludes halogenated alkanes) is 3. The van der Waals surface area contributed by atoms with Crippen molar-refractivity contribution < 1.29 is 22.4 Å². The number of allylic oxidation sites excluding steroid dienone is 1. The molecule has 0 aliphatic carbocycles. The van der Waals surface area contributed by atoms with E-state index in [1.54, 1.807) is 11.0 Å². The minimum absolute atomic E-state index is 0.0447. The lowest BCUT2D eigenvalue weighted by atomic mass is 10.1. The molecule has 2 aromatic rings. The van der Waals surface area contributed by atoms with Gasteiger partial charge in [-0.1, -0.05) is 37.1 Å². The third-order valence-electron chi connectivity index (χ3n) is 5.31. The smallest absolute Gasteiger partial charge is 0.419 e. The molecule has 1 aliphatic rings. The molecule has 0 amide bonds. The first-order valence-electron chi connectivity index (χ1n) is 10.7. The normalized spacial score (nSPS) is 16.8. The van der Waals surface area contributed by atoms with Gasteiger partial charge in [-0.2, -0.15) is 18.2 Å². The van der Waals surface area contributed by atoms with E-state index in [2.05, 4.69) is 17.1 Å². The van der Waals surface area contributed by atoms with Gasteiger partial charge < -0.3 is 19.9 Å². The fraction of sp³-hybridized carbons (Fsp3) is 0.500. The summed E-state index contributed by atoms with van der Waals surface area (Å²) >= 11 is 0. The highest BCUT2D eigenvalue weighted by Crippen LogP contribution is 2.39. The number of guanidine groups is 1. The number of alkyl halides is 3. The first-order valence-corrected chi connectivity index (χ1v) is 10.7. The summed E-state index contributed by atoms with van der Waals surface area (Å²) in [5.74, 6) is -0.0766. The van der Waals surface area contributed by atoms with E-state index >= 15 is 0 Å².